The highest BCUT2D eigenvalue weighted by atomic mass is 32.2. The van der Waals surface area contributed by atoms with Crippen LogP contribution in [0.4, 0.5) is 0 Å². The van der Waals surface area contributed by atoms with Gasteiger partial charge in [0.1, 0.15) is 0 Å². The van der Waals surface area contributed by atoms with E-state index < -0.39 is 0 Å². The Kier molecular flexibility index (Phi) is 5.36. The van der Waals surface area contributed by atoms with Gasteiger partial charge in [0.05, 0.1) is 23.7 Å². The van der Waals surface area contributed by atoms with Crippen LogP contribution >= 0.6 is 11.8 Å². The molecule has 0 aliphatic carbocycles. The molecular formula is C25H21NO2S. The number of rotatable bonds is 1. The van der Waals surface area contributed by atoms with E-state index in [1.165, 1.54) is 12.0 Å². The second kappa shape index (κ2) is 8.10. The van der Waals surface area contributed by atoms with E-state index in [0.29, 0.717) is 5.56 Å². The van der Waals surface area contributed by atoms with Gasteiger partial charge in [-0.25, -0.2) is 9.78 Å². The largest absolute Gasteiger partial charge is 0.465 e. The summed E-state index contributed by atoms with van der Waals surface area (Å²) in [5, 5.41) is 2.25. The van der Waals surface area contributed by atoms with Gasteiger partial charge >= 0.3 is 5.97 Å². The van der Waals surface area contributed by atoms with Crippen LogP contribution in [0.3, 0.4) is 0 Å². The van der Waals surface area contributed by atoms with Crippen molar-refractivity contribution < 1.29 is 9.53 Å². The zero-order chi connectivity index (χ0) is 20.4. The standard InChI is InChI=1S/C21H13NO2S.C4H8/c1-24-21(23)14-8-5-11-17-18(14)13-7-4-10-16-19(13)20(25-17)12-6-2-3-9-15(12)22-16;1-3-4-2/h2-11H,1H3;3-4H,1-2H3/b;4-3-. The number of pyridine rings is 1. The molecule has 0 spiro atoms. The number of aromatic nitrogens is 1. The Morgan fingerprint density at radius 3 is 2.41 bits per heavy atom. The van der Waals surface area contributed by atoms with Crippen molar-refractivity contribution >= 4 is 39.5 Å². The van der Waals surface area contributed by atoms with Crippen molar-refractivity contribution in [3.05, 3.63) is 78.4 Å². The van der Waals surface area contributed by atoms with Crippen molar-refractivity contribution in [2.24, 2.45) is 0 Å². The highest BCUT2D eigenvalue weighted by molar-refractivity contribution is 8.00. The van der Waals surface area contributed by atoms with Crippen molar-refractivity contribution in [2.45, 2.75) is 23.6 Å². The molecule has 1 aliphatic rings. The number of carbonyl (C=O) groups excluding carboxylic acids is 1. The van der Waals surface area contributed by atoms with Crippen LogP contribution in [-0.4, -0.2) is 18.1 Å². The Morgan fingerprint density at radius 2 is 1.66 bits per heavy atom. The number of methoxy groups -OCH3 is 1. The highest BCUT2D eigenvalue weighted by Crippen LogP contribution is 2.50. The van der Waals surface area contributed by atoms with E-state index in [4.69, 9.17) is 9.72 Å². The van der Waals surface area contributed by atoms with E-state index in [9.17, 15) is 4.79 Å². The van der Waals surface area contributed by atoms with Crippen LogP contribution in [0.1, 0.15) is 24.2 Å². The molecule has 5 rings (SSSR count). The number of fused-ring (bicyclic) bond motifs is 4. The van der Waals surface area contributed by atoms with E-state index >= 15 is 0 Å². The maximum Gasteiger partial charge on any atom is 0.338 e. The van der Waals surface area contributed by atoms with Crippen LogP contribution < -0.4 is 0 Å². The first-order chi connectivity index (χ1) is 14.2. The molecule has 2 heterocycles. The zero-order valence-corrected chi connectivity index (χ0v) is 17.4. The lowest BCUT2D eigenvalue weighted by atomic mass is 9.94. The van der Waals surface area contributed by atoms with Gasteiger partial charge in [0.15, 0.2) is 0 Å². The third-order valence-electron chi connectivity index (χ3n) is 4.91. The molecule has 1 aromatic heterocycles. The molecule has 29 heavy (non-hydrogen) atoms. The minimum atomic E-state index is -0.313. The van der Waals surface area contributed by atoms with Crippen LogP contribution in [0.15, 0.2) is 82.6 Å². The van der Waals surface area contributed by atoms with Gasteiger partial charge in [-0.3, -0.25) is 0 Å². The Hall–Kier alpha value is -3.11. The number of carbonyl (C=O) groups is 1. The van der Waals surface area contributed by atoms with Crippen molar-refractivity contribution in [3.8, 4) is 11.1 Å². The number of benzene rings is 3. The van der Waals surface area contributed by atoms with Crippen LogP contribution in [-0.2, 0) is 4.74 Å². The van der Waals surface area contributed by atoms with E-state index in [2.05, 4.69) is 18.2 Å². The summed E-state index contributed by atoms with van der Waals surface area (Å²) in [4.78, 5) is 19.4. The Bertz CT molecular complexity index is 1260. The van der Waals surface area contributed by atoms with Crippen LogP contribution in [0.2, 0.25) is 0 Å². The molecule has 0 unspecified atom stereocenters. The maximum atomic E-state index is 12.3. The molecule has 144 valence electrons. The summed E-state index contributed by atoms with van der Waals surface area (Å²) >= 11 is 1.70. The maximum absolute atomic E-state index is 12.3. The summed E-state index contributed by atoms with van der Waals surface area (Å²) in [5.74, 6) is -0.313. The van der Waals surface area contributed by atoms with Gasteiger partial charge in [0.2, 0.25) is 0 Å². The topological polar surface area (TPSA) is 39.2 Å². The molecule has 0 saturated heterocycles. The summed E-state index contributed by atoms with van der Waals surface area (Å²) in [6.45, 7) is 4.00. The molecule has 3 aromatic carbocycles. The molecule has 0 amide bonds. The third kappa shape index (κ3) is 3.30. The monoisotopic (exact) mass is 399 g/mol. The predicted octanol–water partition coefficient (Wildman–Crippen LogP) is 6.89. The third-order valence-corrected chi connectivity index (χ3v) is 6.09. The first-order valence-corrected chi connectivity index (χ1v) is 10.3. The van der Waals surface area contributed by atoms with Crippen LogP contribution in [0.5, 0.6) is 0 Å². The first kappa shape index (κ1) is 19.2. The minimum Gasteiger partial charge on any atom is -0.465 e. The SMILES string of the molecule is C/C=C\C.COC(=O)c1cccc2c1-c1cccc3nc4ccccc4c(c13)S2. The molecule has 3 nitrogen and oxygen atoms in total. The Morgan fingerprint density at radius 1 is 0.931 bits per heavy atom. The smallest absolute Gasteiger partial charge is 0.338 e. The van der Waals surface area contributed by atoms with Crippen molar-refractivity contribution in [1.82, 2.24) is 4.98 Å². The predicted molar refractivity (Wildman–Crippen MR) is 121 cm³/mol. The van der Waals surface area contributed by atoms with E-state index in [-0.39, 0.29) is 5.97 Å². The Labute approximate surface area is 174 Å². The van der Waals surface area contributed by atoms with Crippen molar-refractivity contribution in [3.63, 3.8) is 0 Å². The first-order valence-electron chi connectivity index (χ1n) is 9.48. The normalized spacial score (nSPS) is 11.8. The summed E-state index contributed by atoms with van der Waals surface area (Å²) in [7, 11) is 1.42. The average Bonchev–Trinajstić information content (AvgIpc) is 2.78. The van der Waals surface area contributed by atoms with Gasteiger partial charge in [0.25, 0.3) is 0 Å². The Balaban J connectivity index is 0.000000472. The summed E-state index contributed by atoms with van der Waals surface area (Å²) in [6.07, 6.45) is 4.00. The molecule has 0 atom stereocenters. The lowest BCUT2D eigenvalue weighted by Gasteiger charge is -2.23. The molecular weight excluding hydrogens is 378 g/mol. The molecule has 4 aromatic rings. The van der Waals surface area contributed by atoms with Crippen LogP contribution in [0.25, 0.3) is 32.9 Å². The molecule has 0 fully saturated rings. The molecule has 4 heteroatoms. The fourth-order valence-electron chi connectivity index (χ4n) is 3.50. The van der Waals surface area contributed by atoms with E-state index in [0.717, 1.165) is 37.8 Å². The quantitative estimate of drug-likeness (QED) is 0.175. The van der Waals surface area contributed by atoms with Gasteiger partial charge in [-0.1, -0.05) is 60.3 Å². The van der Waals surface area contributed by atoms with Gasteiger partial charge in [0, 0.05) is 26.1 Å². The summed E-state index contributed by atoms with van der Waals surface area (Å²) < 4.78 is 4.99. The zero-order valence-electron chi connectivity index (χ0n) is 16.6. The van der Waals surface area contributed by atoms with E-state index in [1.54, 1.807) is 11.8 Å². The number of hydrogen-bond acceptors (Lipinski definition) is 4. The minimum absolute atomic E-state index is 0.313. The molecule has 0 saturated carbocycles. The lowest BCUT2D eigenvalue weighted by Crippen LogP contribution is -2.06. The lowest BCUT2D eigenvalue weighted by molar-refractivity contribution is 0.0601. The number of hydrogen-bond donors (Lipinski definition) is 0. The second-order valence-corrected chi connectivity index (χ2v) is 7.65. The van der Waals surface area contributed by atoms with E-state index in [1.807, 2.05) is 68.5 Å². The molecule has 0 bridgehead atoms. The number of allylic oxidation sites excluding steroid dienone is 2. The fraction of sp³-hybridized carbons (Fsp3) is 0.120. The molecule has 0 N–H and O–H groups in total. The number of ether oxygens (including phenoxy) is 1. The van der Waals surface area contributed by atoms with Gasteiger partial charge < -0.3 is 4.74 Å². The van der Waals surface area contributed by atoms with Crippen molar-refractivity contribution in [1.29, 1.82) is 0 Å². The van der Waals surface area contributed by atoms with Crippen LogP contribution in [0, 0.1) is 0 Å². The summed E-state index contributed by atoms with van der Waals surface area (Å²) in [6, 6.07) is 20.1. The van der Waals surface area contributed by atoms with Crippen molar-refractivity contribution in [2.75, 3.05) is 7.11 Å². The van der Waals surface area contributed by atoms with Gasteiger partial charge in [-0.2, -0.15) is 0 Å². The number of esters is 1. The number of nitrogens with zero attached hydrogens (tertiary/aromatic N) is 1. The second-order valence-electron chi connectivity index (χ2n) is 6.60. The van der Waals surface area contributed by atoms with Gasteiger partial charge in [-0.05, 0) is 43.7 Å². The number of para-hydroxylation sites is 1. The molecule has 0 radical (unpaired) electrons. The summed E-state index contributed by atoms with van der Waals surface area (Å²) in [5.41, 5.74) is 4.51. The average molecular weight is 400 g/mol. The highest BCUT2D eigenvalue weighted by Gasteiger charge is 2.26. The fourth-order valence-corrected chi connectivity index (χ4v) is 4.79. The van der Waals surface area contributed by atoms with Gasteiger partial charge in [-0.15, -0.1) is 0 Å². The molecule has 1 aliphatic heterocycles.